The van der Waals surface area contributed by atoms with Gasteiger partial charge < -0.3 is 4.90 Å². The van der Waals surface area contributed by atoms with Crippen LogP contribution in [0.5, 0.6) is 0 Å². The molecule has 21 heavy (non-hydrogen) atoms. The Morgan fingerprint density at radius 2 is 1.95 bits per heavy atom. The molecule has 5 nitrogen and oxygen atoms in total. The molecule has 0 fully saturated rings. The first-order valence-corrected chi connectivity index (χ1v) is 7.26. The number of hydrogen-bond acceptors (Lipinski definition) is 5. The molecule has 0 aliphatic heterocycles. The summed E-state index contributed by atoms with van der Waals surface area (Å²) in [7, 11) is 3.86. The van der Waals surface area contributed by atoms with Crippen molar-refractivity contribution in [1.82, 2.24) is 0 Å². The first kappa shape index (κ1) is 15.0. The zero-order chi connectivity index (χ0) is 15.4. The molecule has 108 valence electrons. The van der Waals surface area contributed by atoms with Crippen molar-refractivity contribution >= 4 is 17.0 Å². The number of benzene rings is 1. The van der Waals surface area contributed by atoms with Gasteiger partial charge in [0, 0.05) is 29.6 Å². The fourth-order valence-electron chi connectivity index (χ4n) is 2.19. The summed E-state index contributed by atoms with van der Waals surface area (Å²) >= 11 is 1.43. The molecule has 0 aliphatic rings. The van der Waals surface area contributed by atoms with Crippen molar-refractivity contribution in [2.24, 2.45) is 0 Å². The number of rotatable bonds is 5. The van der Waals surface area contributed by atoms with Crippen LogP contribution in [0.25, 0.3) is 0 Å². The van der Waals surface area contributed by atoms with E-state index in [9.17, 15) is 15.4 Å². The Hall–Kier alpha value is -2.39. The molecule has 0 N–H and O–H groups in total. The Labute approximate surface area is 127 Å². The Bertz CT molecular complexity index is 645. The second-order valence-electron chi connectivity index (χ2n) is 4.84. The van der Waals surface area contributed by atoms with Crippen LogP contribution in [0.3, 0.4) is 0 Å². The number of anilines is 1. The molecule has 0 amide bonds. The fraction of sp³-hybridized carbons (Fsp3) is 0.267. The minimum absolute atomic E-state index is 0.510. The van der Waals surface area contributed by atoms with Crippen molar-refractivity contribution in [3.05, 3.63) is 62.3 Å². The van der Waals surface area contributed by atoms with Crippen molar-refractivity contribution in [1.29, 1.82) is 5.26 Å². The van der Waals surface area contributed by atoms with Crippen molar-refractivity contribution < 1.29 is 4.92 Å². The lowest BCUT2D eigenvalue weighted by molar-refractivity contribution is -0.509. The number of nitrogens with zero attached hydrogens (tertiary/aromatic N) is 3. The second-order valence-corrected chi connectivity index (χ2v) is 5.82. The SMILES string of the molecule is CN(C)c1ccc(C(c2cccs2)C(C#N)[N+](=O)[O-])cc1. The molecule has 2 aromatic rings. The maximum atomic E-state index is 11.2. The second kappa shape index (κ2) is 6.37. The maximum Gasteiger partial charge on any atom is 0.308 e. The van der Waals surface area contributed by atoms with E-state index in [-0.39, 0.29) is 0 Å². The van der Waals surface area contributed by atoms with Gasteiger partial charge in [-0.05, 0) is 29.1 Å². The third-order valence-corrected chi connectivity index (χ3v) is 4.25. The summed E-state index contributed by atoms with van der Waals surface area (Å²) in [5, 5.41) is 22.2. The van der Waals surface area contributed by atoms with Gasteiger partial charge in [0.1, 0.15) is 12.0 Å². The molecule has 2 rings (SSSR count). The van der Waals surface area contributed by atoms with Crippen LogP contribution in [0.15, 0.2) is 41.8 Å². The van der Waals surface area contributed by atoms with Gasteiger partial charge in [0.05, 0.1) is 0 Å². The number of nitriles is 1. The third kappa shape index (κ3) is 3.20. The molecule has 0 spiro atoms. The van der Waals surface area contributed by atoms with Crippen LogP contribution >= 0.6 is 11.3 Å². The van der Waals surface area contributed by atoms with Gasteiger partial charge in [-0.2, -0.15) is 5.26 Å². The molecule has 1 aromatic carbocycles. The van der Waals surface area contributed by atoms with Crippen LogP contribution in [0.1, 0.15) is 16.4 Å². The summed E-state index contributed by atoms with van der Waals surface area (Å²) < 4.78 is 0. The van der Waals surface area contributed by atoms with E-state index in [0.29, 0.717) is 0 Å². The van der Waals surface area contributed by atoms with E-state index >= 15 is 0 Å². The van der Waals surface area contributed by atoms with Gasteiger partial charge in [0.25, 0.3) is 0 Å². The lowest BCUT2D eigenvalue weighted by Crippen LogP contribution is -2.26. The maximum absolute atomic E-state index is 11.2. The average molecular weight is 301 g/mol. The Morgan fingerprint density at radius 1 is 1.29 bits per heavy atom. The fourth-order valence-corrected chi connectivity index (χ4v) is 3.08. The summed E-state index contributed by atoms with van der Waals surface area (Å²) in [5.74, 6) is -0.541. The zero-order valence-electron chi connectivity index (χ0n) is 11.8. The zero-order valence-corrected chi connectivity index (χ0v) is 12.6. The Balaban J connectivity index is 2.45. The highest BCUT2D eigenvalue weighted by Gasteiger charge is 2.34. The van der Waals surface area contributed by atoms with Crippen LogP contribution < -0.4 is 4.90 Å². The molecule has 1 aromatic heterocycles. The van der Waals surface area contributed by atoms with Crippen molar-refractivity contribution in [2.45, 2.75) is 12.0 Å². The molecule has 2 atom stereocenters. The van der Waals surface area contributed by atoms with Gasteiger partial charge in [0.15, 0.2) is 0 Å². The van der Waals surface area contributed by atoms with E-state index in [4.69, 9.17) is 0 Å². The molecular weight excluding hydrogens is 286 g/mol. The minimum atomic E-state index is -1.28. The van der Waals surface area contributed by atoms with E-state index in [1.165, 1.54) is 11.3 Å². The van der Waals surface area contributed by atoms with Gasteiger partial charge in [-0.15, -0.1) is 11.3 Å². The van der Waals surface area contributed by atoms with Crippen LogP contribution in [0.2, 0.25) is 0 Å². The Kier molecular flexibility index (Phi) is 4.55. The lowest BCUT2D eigenvalue weighted by Gasteiger charge is -2.18. The number of nitro groups is 1. The molecule has 0 radical (unpaired) electrons. The minimum Gasteiger partial charge on any atom is -0.378 e. The Morgan fingerprint density at radius 3 is 2.38 bits per heavy atom. The standard InChI is InChI=1S/C15H15N3O2S/c1-17(2)12-7-5-11(6-8-12)15(13(10-16)18(19)20)14-4-3-9-21-14/h3-9,13,15H,1-2H3. The van der Waals surface area contributed by atoms with Crippen molar-refractivity contribution in [2.75, 3.05) is 19.0 Å². The molecular formula is C15H15N3O2S. The summed E-state index contributed by atoms with van der Waals surface area (Å²) in [6.45, 7) is 0. The van der Waals surface area contributed by atoms with Gasteiger partial charge in [-0.25, -0.2) is 0 Å². The molecule has 0 saturated carbocycles. The monoisotopic (exact) mass is 301 g/mol. The van der Waals surface area contributed by atoms with Crippen molar-refractivity contribution in [3.63, 3.8) is 0 Å². The summed E-state index contributed by atoms with van der Waals surface area (Å²) in [6, 6.07) is 11.7. The van der Waals surface area contributed by atoms with Gasteiger partial charge in [0.2, 0.25) is 0 Å². The number of hydrogen-bond donors (Lipinski definition) is 0. The highest BCUT2D eigenvalue weighted by molar-refractivity contribution is 7.10. The largest absolute Gasteiger partial charge is 0.378 e. The van der Waals surface area contributed by atoms with E-state index in [1.54, 1.807) is 0 Å². The molecule has 0 bridgehead atoms. The smallest absolute Gasteiger partial charge is 0.308 e. The average Bonchev–Trinajstić information content (AvgIpc) is 2.98. The quantitative estimate of drug-likeness (QED) is 0.628. The van der Waals surface area contributed by atoms with E-state index in [2.05, 4.69) is 0 Å². The van der Waals surface area contributed by atoms with E-state index < -0.39 is 16.9 Å². The predicted molar refractivity (Wildman–Crippen MR) is 83.3 cm³/mol. The predicted octanol–water partition coefficient (Wildman–Crippen LogP) is 3.11. The molecule has 0 aliphatic carbocycles. The lowest BCUT2D eigenvalue weighted by atomic mass is 9.91. The van der Waals surface area contributed by atoms with E-state index in [1.807, 2.05) is 66.8 Å². The van der Waals surface area contributed by atoms with Gasteiger partial charge in [-0.3, -0.25) is 10.1 Å². The normalized spacial score (nSPS) is 13.2. The topological polar surface area (TPSA) is 70.2 Å². The van der Waals surface area contributed by atoms with Crippen LogP contribution in [0.4, 0.5) is 5.69 Å². The summed E-state index contributed by atoms with van der Waals surface area (Å²) in [4.78, 5) is 13.5. The highest BCUT2D eigenvalue weighted by atomic mass is 32.1. The summed E-state index contributed by atoms with van der Waals surface area (Å²) in [5.41, 5.74) is 1.80. The van der Waals surface area contributed by atoms with Crippen LogP contribution in [0, 0.1) is 21.4 Å². The van der Waals surface area contributed by atoms with Gasteiger partial charge >= 0.3 is 6.04 Å². The molecule has 2 unspecified atom stereocenters. The van der Waals surface area contributed by atoms with Crippen molar-refractivity contribution in [3.8, 4) is 6.07 Å². The molecule has 0 saturated heterocycles. The highest BCUT2D eigenvalue weighted by Crippen LogP contribution is 2.33. The van der Waals surface area contributed by atoms with Crippen LogP contribution in [-0.2, 0) is 0 Å². The third-order valence-electron chi connectivity index (χ3n) is 3.29. The van der Waals surface area contributed by atoms with Gasteiger partial charge in [-0.1, -0.05) is 18.2 Å². The molecule has 6 heteroatoms. The number of thiophene rings is 1. The first-order valence-electron chi connectivity index (χ1n) is 6.38. The van der Waals surface area contributed by atoms with Crippen LogP contribution in [-0.4, -0.2) is 25.1 Å². The van der Waals surface area contributed by atoms with E-state index in [0.717, 1.165) is 16.1 Å². The molecule has 1 heterocycles. The first-order chi connectivity index (χ1) is 10.0. The summed E-state index contributed by atoms with van der Waals surface area (Å²) in [6.07, 6.45) is 0.